The number of carbonyl (C=O) groups excluding carboxylic acids is 1. The molecule has 0 atom stereocenters. The molecule has 3 rings (SSSR count). The molecule has 6 nitrogen and oxygen atoms in total. The molecule has 2 aromatic rings. The van der Waals surface area contributed by atoms with Crippen LogP contribution >= 0.6 is 0 Å². The molecular weight excluding hydrogens is 232 g/mol. The van der Waals surface area contributed by atoms with Crippen molar-refractivity contribution in [1.29, 1.82) is 0 Å². The summed E-state index contributed by atoms with van der Waals surface area (Å²) < 4.78 is 7.47. The smallest absolute Gasteiger partial charge is 0.219 e. The summed E-state index contributed by atoms with van der Waals surface area (Å²) in [6.07, 6.45) is 1.89. The van der Waals surface area contributed by atoms with Crippen molar-refractivity contribution in [3.63, 3.8) is 0 Å². The number of aryl methyl sites for hydroxylation is 1. The van der Waals surface area contributed by atoms with Crippen LogP contribution in [0.1, 0.15) is 12.7 Å². The number of fused-ring (bicyclic) bond motifs is 1. The van der Waals surface area contributed by atoms with E-state index < -0.39 is 0 Å². The average molecular weight is 246 g/mol. The van der Waals surface area contributed by atoms with Gasteiger partial charge >= 0.3 is 0 Å². The van der Waals surface area contributed by atoms with Gasteiger partial charge in [0.2, 0.25) is 5.91 Å². The standard InChI is InChI=1S/C12H14N4O2/c1-8-13-12-4-3-10(7-16(12)14-8)18-11-5-15(6-11)9(2)17/h3-4,7,11H,5-6H2,1-2H3. The van der Waals surface area contributed by atoms with Crippen LogP contribution in [0.2, 0.25) is 0 Å². The molecule has 1 aliphatic rings. The van der Waals surface area contributed by atoms with E-state index in [1.54, 1.807) is 16.3 Å². The van der Waals surface area contributed by atoms with Crippen LogP contribution in [0.5, 0.6) is 5.75 Å². The second kappa shape index (κ2) is 3.97. The minimum atomic E-state index is 0.0796. The fraction of sp³-hybridized carbons (Fsp3) is 0.417. The van der Waals surface area contributed by atoms with Crippen molar-refractivity contribution < 1.29 is 9.53 Å². The maximum atomic E-state index is 11.0. The third-order valence-electron chi connectivity index (χ3n) is 3.01. The van der Waals surface area contributed by atoms with Crippen molar-refractivity contribution in [2.45, 2.75) is 20.0 Å². The molecule has 1 aliphatic heterocycles. The average Bonchev–Trinajstić information content (AvgIpc) is 2.61. The van der Waals surface area contributed by atoms with Gasteiger partial charge in [0, 0.05) is 6.92 Å². The number of hydrogen-bond acceptors (Lipinski definition) is 4. The molecule has 1 amide bonds. The topological polar surface area (TPSA) is 59.7 Å². The Labute approximate surface area is 104 Å². The lowest BCUT2D eigenvalue weighted by atomic mass is 10.1. The molecule has 3 heterocycles. The predicted octanol–water partition coefficient (Wildman–Crippen LogP) is 0.647. The first kappa shape index (κ1) is 11.0. The Morgan fingerprint density at radius 3 is 2.94 bits per heavy atom. The molecule has 0 N–H and O–H groups in total. The lowest BCUT2D eigenvalue weighted by Crippen LogP contribution is -2.55. The Bertz CT molecular complexity index is 601. The van der Waals surface area contributed by atoms with E-state index in [1.165, 1.54) is 0 Å². The van der Waals surface area contributed by atoms with Gasteiger partial charge in [0.25, 0.3) is 0 Å². The quantitative estimate of drug-likeness (QED) is 0.780. The van der Waals surface area contributed by atoms with Crippen LogP contribution in [0.4, 0.5) is 0 Å². The van der Waals surface area contributed by atoms with Gasteiger partial charge < -0.3 is 9.64 Å². The summed E-state index contributed by atoms with van der Waals surface area (Å²) in [5.74, 6) is 1.58. The van der Waals surface area contributed by atoms with Gasteiger partial charge in [0.1, 0.15) is 17.7 Å². The number of aromatic nitrogens is 3. The second-order valence-electron chi connectivity index (χ2n) is 4.49. The monoisotopic (exact) mass is 246 g/mol. The first-order valence-corrected chi connectivity index (χ1v) is 5.87. The molecule has 0 spiro atoms. The van der Waals surface area contributed by atoms with Crippen LogP contribution < -0.4 is 4.74 Å². The van der Waals surface area contributed by atoms with Gasteiger partial charge in [-0.15, -0.1) is 0 Å². The number of likely N-dealkylation sites (tertiary alicyclic amines) is 1. The third-order valence-corrected chi connectivity index (χ3v) is 3.01. The summed E-state index contributed by atoms with van der Waals surface area (Å²) in [7, 11) is 0. The minimum Gasteiger partial charge on any atom is -0.485 e. The maximum absolute atomic E-state index is 11.0. The van der Waals surface area contributed by atoms with Crippen molar-refractivity contribution >= 4 is 11.6 Å². The number of hydrogen-bond donors (Lipinski definition) is 0. The molecular formula is C12H14N4O2. The van der Waals surface area contributed by atoms with Gasteiger partial charge in [-0.05, 0) is 19.1 Å². The van der Waals surface area contributed by atoms with E-state index in [0.717, 1.165) is 17.2 Å². The van der Waals surface area contributed by atoms with Crippen LogP contribution in [0.3, 0.4) is 0 Å². The molecule has 2 aromatic heterocycles. The number of rotatable bonds is 2. The van der Waals surface area contributed by atoms with Crippen molar-refractivity contribution in [3.05, 3.63) is 24.2 Å². The van der Waals surface area contributed by atoms with Gasteiger partial charge in [0.05, 0.1) is 19.3 Å². The van der Waals surface area contributed by atoms with Gasteiger partial charge in [-0.2, -0.15) is 5.10 Å². The largest absolute Gasteiger partial charge is 0.485 e. The molecule has 0 aromatic carbocycles. The summed E-state index contributed by atoms with van der Waals surface area (Å²) in [5.41, 5.74) is 0.804. The molecule has 1 fully saturated rings. The van der Waals surface area contributed by atoms with Crippen molar-refractivity contribution in [2.75, 3.05) is 13.1 Å². The van der Waals surface area contributed by atoms with E-state index in [4.69, 9.17) is 4.74 Å². The predicted molar refractivity (Wildman–Crippen MR) is 64.4 cm³/mol. The van der Waals surface area contributed by atoms with Crippen LogP contribution in [0.15, 0.2) is 18.3 Å². The normalized spacial score (nSPS) is 15.8. The van der Waals surface area contributed by atoms with Crippen molar-refractivity contribution in [2.24, 2.45) is 0 Å². The minimum absolute atomic E-state index is 0.0796. The number of pyridine rings is 1. The van der Waals surface area contributed by atoms with E-state index in [-0.39, 0.29) is 12.0 Å². The van der Waals surface area contributed by atoms with Gasteiger partial charge in [-0.1, -0.05) is 0 Å². The highest BCUT2D eigenvalue weighted by atomic mass is 16.5. The summed E-state index contributed by atoms with van der Waals surface area (Å²) >= 11 is 0. The van der Waals surface area contributed by atoms with Crippen LogP contribution in [-0.4, -0.2) is 44.6 Å². The Balaban J connectivity index is 1.70. The summed E-state index contributed by atoms with van der Waals surface area (Å²) in [6, 6.07) is 3.75. The highest BCUT2D eigenvalue weighted by Gasteiger charge is 2.30. The Hall–Kier alpha value is -2.11. The zero-order valence-electron chi connectivity index (χ0n) is 10.3. The summed E-state index contributed by atoms with van der Waals surface area (Å²) in [5, 5.41) is 4.23. The zero-order chi connectivity index (χ0) is 12.7. The lowest BCUT2D eigenvalue weighted by Gasteiger charge is -2.38. The number of carbonyl (C=O) groups is 1. The molecule has 94 valence electrons. The van der Waals surface area contributed by atoms with E-state index in [9.17, 15) is 4.79 Å². The first-order chi connectivity index (χ1) is 8.61. The summed E-state index contributed by atoms with van der Waals surface area (Å²) in [4.78, 5) is 17.0. The Kier molecular flexibility index (Phi) is 2.43. The van der Waals surface area contributed by atoms with Gasteiger partial charge in [-0.3, -0.25) is 4.79 Å². The highest BCUT2D eigenvalue weighted by molar-refractivity contribution is 5.74. The maximum Gasteiger partial charge on any atom is 0.219 e. The molecule has 1 saturated heterocycles. The summed E-state index contributed by atoms with van der Waals surface area (Å²) in [6.45, 7) is 4.73. The zero-order valence-corrected chi connectivity index (χ0v) is 10.3. The number of ether oxygens (including phenoxy) is 1. The number of nitrogens with zero attached hydrogens (tertiary/aromatic N) is 4. The van der Waals surface area contributed by atoms with E-state index in [0.29, 0.717) is 13.1 Å². The number of amides is 1. The van der Waals surface area contributed by atoms with Crippen LogP contribution in [-0.2, 0) is 4.79 Å². The van der Waals surface area contributed by atoms with Crippen LogP contribution in [0.25, 0.3) is 5.65 Å². The molecule has 18 heavy (non-hydrogen) atoms. The fourth-order valence-corrected chi connectivity index (χ4v) is 2.01. The fourth-order valence-electron chi connectivity index (χ4n) is 2.01. The molecule has 0 aliphatic carbocycles. The molecule has 0 radical (unpaired) electrons. The SMILES string of the molecule is CC(=O)N1CC(Oc2ccc3nc(C)nn3c2)C1. The third kappa shape index (κ3) is 1.90. The second-order valence-corrected chi connectivity index (χ2v) is 4.49. The van der Waals surface area contributed by atoms with Crippen LogP contribution in [0, 0.1) is 6.92 Å². The molecule has 6 heteroatoms. The van der Waals surface area contributed by atoms with Gasteiger partial charge in [0.15, 0.2) is 5.65 Å². The Morgan fingerprint density at radius 2 is 2.22 bits per heavy atom. The van der Waals surface area contributed by atoms with Gasteiger partial charge in [-0.25, -0.2) is 9.50 Å². The molecule has 0 unspecified atom stereocenters. The Morgan fingerprint density at radius 1 is 1.44 bits per heavy atom. The van der Waals surface area contributed by atoms with E-state index in [1.807, 2.05) is 25.3 Å². The van der Waals surface area contributed by atoms with Crippen molar-refractivity contribution in [3.8, 4) is 5.75 Å². The highest BCUT2D eigenvalue weighted by Crippen LogP contribution is 2.18. The first-order valence-electron chi connectivity index (χ1n) is 5.87. The van der Waals surface area contributed by atoms with E-state index in [2.05, 4.69) is 10.1 Å². The molecule has 0 saturated carbocycles. The van der Waals surface area contributed by atoms with Crippen molar-refractivity contribution in [1.82, 2.24) is 19.5 Å². The molecule has 0 bridgehead atoms. The lowest BCUT2D eigenvalue weighted by molar-refractivity contribution is -0.137. The van der Waals surface area contributed by atoms with E-state index >= 15 is 0 Å².